The van der Waals surface area contributed by atoms with Crippen molar-refractivity contribution in [3.63, 3.8) is 0 Å². The van der Waals surface area contributed by atoms with Crippen LogP contribution in [-0.2, 0) is 9.53 Å². The maximum atomic E-state index is 13.3. The first-order chi connectivity index (χ1) is 16.8. The molecule has 35 heavy (non-hydrogen) atoms. The number of aromatic hydroxyl groups is 1. The third-order valence-electron chi connectivity index (χ3n) is 6.84. The Balaban J connectivity index is 1.59. The van der Waals surface area contributed by atoms with Gasteiger partial charge in [-0.15, -0.1) is 0 Å². The smallest absolute Gasteiger partial charge is 0.359 e. The van der Waals surface area contributed by atoms with E-state index in [9.17, 15) is 14.7 Å². The Labute approximate surface area is 206 Å². The number of nitrogens with one attached hydrogen (secondary N) is 1. The average molecular weight is 473 g/mol. The maximum Gasteiger partial charge on any atom is 0.359 e. The number of hydrogen-bond donors (Lipinski definition) is 2. The molecular weight excluding hydrogens is 440 g/mol. The molecule has 0 spiro atoms. The number of hydrazone groups is 1. The number of phenols is 1. The molecule has 6 heteroatoms. The number of phenolic OH excluding ortho intramolecular Hbond substituents is 1. The fraction of sp³-hybridized carbons (Fsp3) is 0.345. The number of esters is 1. The van der Waals surface area contributed by atoms with Crippen molar-refractivity contribution in [3.8, 4) is 5.75 Å². The van der Waals surface area contributed by atoms with Gasteiger partial charge in [-0.05, 0) is 53.5 Å². The van der Waals surface area contributed by atoms with Gasteiger partial charge in [0.15, 0.2) is 5.71 Å². The van der Waals surface area contributed by atoms with Crippen LogP contribution in [0.25, 0.3) is 10.8 Å². The quantitative estimate of drug-likeness (QED) is 0.274. The number of carbonyl (C=O) groups excluding carboxylic acids is 2. The first kappa shape index (κ1) is 24.5. The van der Waals surface area contributed by atoms with E-state index in [1.165, 1.54) is 6.07 Å². The molecule has 182 valence electrons. The molecule has 3 aromatic carbocycles. The monoisotopic (exact) mass is 472 g/mol. The molecule has 2 N–H and O–H groups in total. The molecule has 0 saturated heterocycles. The van der Waals surface area contributed by atoms with Crippen LogP contribution in [0, 0.1) is 17.8 Å². The molecule has 6 nitrogen and oxygen atoms in total. The third-order valence-corrected chi connectivity index (χ3v) is 6.84. The lowest BCUT2D eigenvalue weighted by atomic mass is 9.75. The van der Waals surface area contributed by atoms with Crippen molar-refractivity contribution in [2.45, 2.75) is 46.1 Å². The van der Waals surface area contributed by atoms with Gasteiger partial charge in [-0.1, -0.05) is 81.8 Å². The number of rotatable bonds is 6. The van der Waals surface area contributed by atoms with Crippen molar-refractivity contribution < 1.29 is 19.4 Å². The molecule has 1 saturated carbocycles. The normalized spacial score (nSPS) is 20.6. The van der Waals surface area contributed by atoms with E-state index in [0.717, 1.165) is 30.0 Å². The summed E-state index contributed by atoms with van der Waals surface area (Å²) in [5, 5.41) is 16.2. The lowest BCUT2D eigenvalue weighted by molar-refractivity contribution is -0.147. The number of ether oxygens (including phenoxy) is 1. The minimum Gasteiger partial charge on any atom is -0.507 e. The summed E-state index contributed by atoms with van der Waals surface area (Å²) in [6.07, 6.45) is 2.77. The Morgan fingerprint density at radius 1 is 1.00 bits per heavy atom. The van der Waals surface area contributed by atoms with Gasteiger partial charge in [-0.25, -0.2) is 10.2 Å². The molecule has 3 atom stereocenters. The van der Waals surface area contributed by atoms with Crippen LogP contribution < -0.4 is 5.43 Å². The number of hydrogen-bond acceptors (Lipinski definition) is 5. The highest BCUT2D eigenvalue weighted by molar-refractivity contribution is 6.43. The lowest BCUT2D eigenvalue weighted by Gasteiger charge is -2.36. The second-order valence-corrected chi connectivity index (χ2v) is 9.75. The van der Waals surface area contributed by atoms with Crippen molar-refractivity contribution in [2.24, 2.45) is 22.9 Å². The van der Waals surface area contributed by atoms with Gasteiger partial charge >= 0.3 is 5.97 Å². The lowest BCUT2D eigenvalue weighted by Crippen LogP contribution is -2.38. The van der Waals surface area contributed by atoms with Gasteiger partial charge in [0.25, 0.3) is 5.91 Å². The molecule has 0 radical (unpaired) electrons. The molecule has 1 fully saturated rings. The molecule has 1 amide bonds. The van der Waals surface area contributed by atoms with Crippen molar-refractivity contribution in [1.29, 1.82) is 0 Å². The van der Waals surface area contributed by atoms with Crippen LogP contribution in [0.4, 0.5) is 0 Å². The van der Waals surface area contributed by atoms with Gasteiger partial charge in [0.1, 0.15) is 11.9 Å². The minimum absolute atomic E-state index is 0.0277. The summed E-state index contributed by atoms with van der Waals surface area (Å²) in [7, 11) is 0. The van der Waals surface area contributed by atoms with E-state index in [0.29, 0.717) is 17.4 Å². The Bertz CT molecular complexity index is 1240. The number of nitrogens with zero attached hydrogens (tertiary/aromatic N) is 1. The molecule has 0 heterocycles. The number of amides is 1. The van der Waals surface area contributed by atoms with Crippen molar-refractivity contribution in [3.05, 3.63) is 77.9 Å². The van der Waals surface area contributed by atoms with E-state index < -0.39 is 11.9 Å². The van der Waals surface area contributed by atoms with Gasteiger partial charge in [-0.3, -0.25) is 4.79 Å². The SMILES string of the molecule is CC(C)[C@H]1CC[C@@H](C)C[C@H]1OC(=O)C(=NNC(=O)c1cc2ccccc2cc1O)c1ccccc1. The standard InChI is InChI=1S/C29H32N2O4/c1-18(2)23-14-13-19(3)15-26(23)35-29(34)27(20-9-5-4-6-10-20)30-31-28(33)24-16-21-11-7-8-12-22(21)17-25(24)32/h4-12,16-19,23,26,32H,13-15H2,1-3H3,(H,31,33)/t19-,23-,26-/m1/s1. The molecule has 4 rings (SSSR count). The van der Waals surface area contributed by atoms with Crippen LogP contribution in [0.1, 0.15) is 56.0 Å². The summed E-state index contributed by atoms with van der Waals surface area (Å²) in [5.74, 6) is -0.166. The number of carbonyl (C=O) groups is 2. The van der Waals surface area contributed by atoms with Gasteiger partial charge in [-0.2, -0.15) is 5.10 Å². The van der Waals surface area contributed by atoms with E-state index in [2.05, 4.69) is 31.3 Å². The van der Waals surface area contributed by atoms with Crippen LogP contribution in [0.3, 0.4) is 0 Å². The van der Waals surface area contributed by atoms with E-state index in [1.807, 2.05) is 30.3 Å². The molecular formula is C29H32N2O4. The molecule has 0 bridgehead atoms. The average Bonchev–Trinajstić information content (AvgIpc) is 2.84. The maximum absolute atomic E-state index is 13.3. The van der Waals surface area contributed by atoms with Crippen LogP contribution in [0.5, 0.6) is 5.75 Å². The van der Waals surface area contributed by atoms with E-state index >= 15 is 0 Å². The Morgan fingerprint density at radius 2 is 1.66 bits per heavy atom. The van der Waals surface area contributed by atoms with E-state index in [4.69, 9.17) is 4.74 Å². The molecule has 0 aromatic heterocycles. The van der Waals surface area contributed by atoms with Crippen LogP contribution >= 0.6 is 0 Å². The fourth-order valence-corrected chi connectivity index (χ4v) is 4.84. The van der Waals surface area contributed by atoms with Crippen molar-refractivity contribution in [2.75, 3.05) is 0 Å². The van der Waals surface area contributed by atoms with Gasteiger partial charge in [0.2, 0.25) is 0 Å². The van der Waals surface area contributed by atoms with E-state index in [1.54, 1.807) is 30.3 Å². The minimum atomic E-state index is -0.610. The van der Waals surface area contributed by atoms with Crippen LogP contribution in [0.15, 0.2) is 71.8 Å². The summed E-state index contributed by atoms with van der Waals surface area (Å²) in [5.41, 5.74) is 3.10. The third kappa shape index (κ3) is 5.70. The predicted molar refractivity (Wildman–Crippen MR) is 137 cm³/mol. The molecule has 0 aliphatic heterocycles. The number of benzene rings is 3. The second kappa shape index (κ2) is 10.7. The summed E-state index contributed by atoms with van der Waals surface area (Å²) >= 11 is 0. The highest BCUT2D eigenvalue weighted by Gasteiger charge is 2.34. The Hall–Kier alpha value is -3.67. The van der Waals surface area contributed by atoms with Crippen molar-refractivity contribution >= 4 is 28.4 Å². The highest BCUT2D eigenvalue weighted by atomic mass is 16.5. The molecule has 1 aliphatic rings. The van der Waals surface area contributed by atoms with Crippen LogP contribution in [-0.4, -0.2) is 28.8 Å². The molecule has 3 aromatic rings. The number of fused-ring (bicyclic) bond motifs is 1. The van der Waals surface area contributed by atoms with Crippen LogP contribution in [0.2, 0.25) is 0 Å². The Kier molecular flexibility index (Phi) is 7.49. The molecule has 1 aliphatic carbocycles. The predicted octanol–water partition coefficient (Wildman–Crippen LogP) is 5.68. The molecule has 0 unspecified atom stereocenters. The van der Waals surface area contributed by atoms with E-state index in [-0.39, 0.29) is 29.0 Å². The zero-order valence-corrected chi connectivity index (χ0v) is 20.4. The summed E-state index contributed by atoms with van der Waals surface area (Å²) in [4.78, 5) is 26.2. The second-order valence-electron chi connectivity index (χ2n) is 9.75. The van der Waals surface area contributed by atoms with Gasteiger partial charge in [0, 0.05) is 5.56 Å². The topological polar surface area (TPSA) is 88.0 Å². The zero-order chi connectivity index (χ0) is 24.9. The largest absolute Gasteiger partial charge is 0.507 e. The van der Waals surface area contributed by atoms with Gasteiger partial charge < -0.3 is 9.84 Å². The first-order valence-corrected chi connectivity index (χ1v) is 12.2. The highest BCUT2D eigenvalue weighted by Crippen LogP contribution is 2.35. The zero-order valence-electron chi connectivity index (χ0n) is 20.4. The summed E-state index contributed by atoms with van der Waals surface area (Å²) < 4.78 is 6.00. The summed E-state index contributed by atoms with van der Waals surface area (Å²) in [6, 6.07) is 19.5. The summed E-state index contributed by atoms with van der Waals surface area (Å²) in [6.45, 7) is 6.49. The van der Waals surface area contributed by atoms with Gasteiger partial charge in [0.05, 0.1) is 5.56 Å². The fourth-order valence-electron chi connectivity index (χ4n) is 4.84. The Morgan fingerprint density at radius 3 is 2.34 bits per heavy atom. The van der Waals surface area contributed by atoms with Crippen molar-refractivity contribution in [1.82, 2.24) is 5.43 Å². The first-order valence-electron chi connectivity index (χ1n) is 12.2.